The standard InChI is InChI=1S/C13H17IN2O2.ClH/c1-8-7-10(14)3-4-11(8)16-13(17)12-9(2)18-6-5-15-12;/h3-4,7,9,12,15H,5-6H2,1-2H3,(H,16,17);1H/t9-,12+;/m1./s1. The van der Waals surface area contributed by atoms with E-state index < -0.39 is 0 Å². The number of anilines is 1. The molecule has 2 atom stereocenters. The van der Waals surface area contributed by atoms with Crippen LogP contribution in [0.5, 0.6) is 0 Å². The monoisotopic (exact) mass is 396 g/mol. The summed E-state index contributed by atoms with van der Waals surface area (Å²) in [5.74, 6) is -0.0356. The molecule has 1 amide bonds. The zero-order valence-electron chi connectivity index (χ0n) is 10.9. The van der Waals surface area contributed by atoms with Gasteiger partial charge >= 0.3 is 0 Å². The van der Waals surface area contributed by atoms with Crippen molar-refractivity contribution in [2.24, 2.45) is 0 Å². The smallest absolute Gasteiger partial charge is 0.244 e. The van der Waals surface area contributed by atoms with Gasteiger partial charge in [-0.2, -0.15) is 0 Å². The van der Waals surface area contributed by atoms with E-state index in [9.17, 15) is 4.79 Å². The van der Waals surface area contributed by atoms with Gasteiger partial charge in [0.25, 0.3) is 0 Å². The average molecular weight is 397 g/mol. The molecule has 1 aliphatic heterocycles. The zero-order valence-corrected chi connectivity index (χ0v) is 13.9. The van der Waals surface area contributed by atoms with E-state index in [1.165, 1.54) is 0 Å². The molecule has 1 aromatic rings. The van der Waals surface area contributed by atoms with Gasteiger partial charge in [0.15, 0.2) is 0 Å². The van der Waals surface area contributed by atoms with Gasteiger partial charge in [-0.25, -0.2) is 0 Å². The summed E-state index contributed by atoms with van der Waals surface area (Å²) in [5.41, 5.74) is 1.93. The Morgan fingerprint density at radius 3 is 2.89 bits per heavy atom. The molecule has 2 N–H and O–H groups in total. The summed E-state index contributed by atoms with van der Waals surface area (Å²) in [6, 6.07) is 5.68. The molecule has 0 radical (unpaired) electrons. The molecule has 0 spiro atoms. The third-order valence-corrected chi connectivity index (χ3v) is 3.72. The topological polar surface area (TPSA) is 50.4 Å². The first kappa shape index (κ1) is 16.7. The lowest BCUT2D eigenvalue weighted by Crippen LogP contribution is -2.53. The van der Waals surface area contributed by atoms with Crippen molar-refractivity contribution in [1.29, 1.82) is 0 Å². The van der Waals surface area contributed by atoms with Crippen LogP contribution in [0.2, 0.25) is 0 Å². The van der Waals surface area contributed by atoms with Gasteiger partial charge in [-0.1, -0.05) is 0 Å². The van der Waals surface area contributed by atoms with Gasteiger partial charge in [-0.3, -0.25) is 4.79 Å². The third kappa shape index (κ3) is 4.30. The average Bonchev–Trinajstić information content (AvgIpc) is 2.33. The molecule has 1 aromatic carbocycles. The Bertz CT molecular complexity index is 456. The molecule has 6 heteroatoms. The highest BCUT2D eigenvalue weighted by molar-refractivity contribution is 14.1. The minimum absolute atomic E-state index is 0. The summed E-state index contributed by atoms with van der Waals surface area (Å²) in [4.78, 5) is 12.2. The minimum Gasteiger partial charge on any atom is -0.375 e. The van der Waals surface area contributed by atoms with E-state index in [2.05, 4.69) is 33.2 Å². The van der Waals surface area contributed by atoms with Crippen molar-refractivity contribution in [1.82, 2.24) is 5.32 Å². The molecule has 1 saturated heterocycles. The fourth-order valence-electron chi connectivity index (χ4n) is 2.01. The number of nitrogens with one attached hydrogen (secondary N) is 2. The first-order chi connectivity index (χ1) is 8.58. The maximum atomic E-state index is 12.2. The number of amides is 1. The molecular formula is C13H18ClIN2O2. The number of ether oxygens (including phenoxy) is 1. The Labute approximate surface area is 133 Å². The summed E-state index contributed by atoms with van der Waals surface area (Å²) in [7, 11) is 0. The first-order valence-corrected chi connectivity index (χ1v) is 7.08. The minimum atomic E-state index is -0.280. The fourth-order valence-corrected chi connectivity index (χ4v) is 2.65. The third-order valence-electron chi connectivity index (χ3n) is 3.05. The van der Waals surface area contributed by atoms with Crippen molar-refractivity contribution in [3.63, 3.8) is 0 Å². The van der Waals surface area contributed by atoms with Gasteiger partial charge in [0.1, 0.15) is 6.04 Å². The van der Waals surface area contributed by atoms with Crippen LogP contribution < -0.4 is 10.6 Å². The largest absolute Gasteiger partial charge is 0.375 e. The van der Waals surface area contributed by atoms with Crippen LogP contribution in [0.25, 0.3) is 0 Å². The Morgan fingerprint density at radius 1 is 1.53 bits per heavy atom. The van der Waals surface area contributed by atoms with E-state index >= 15 is 0 Å². The number of benzene rings is 1. The molecule has 19 heavy (non-hydrogen) atoms. The van der Waals surface area contributed by atoms with Crippen molar-refractivity contribution in [3.05, 3.63) is 27.3 Å². The molecule has 4 nitrogen and oxygen atoms in total. The number of rotatable bonds is 2. The number of hydrogen-bond acceptors (Lipinski definition) is 3. The lowest BCUT2D eigenvalue weighted by atomic mass is 10.1. The Kier molecular flexibility index (Phi) is 6.52. The number of hydrogen-bond donors (Lipinski definition) is 2. The second-order valence-electron chi connectivity index (χ2n) is 4.46. The molecule has 0 bridgehead atoms. The quantitative estimate of drug-likeness (QED) is 0.755. The van der Waals surface area contributed by atoms with E-state index in [-0.39, 0.29) is 30.5 Å². The van der Waals surface area contributed by atoms with E-state index in [0.29, 0.717) is 13.2 Å². The van der Waals surface area contributed by atoms with Crippen LogP contribution in [0.3, 0.4) is 0 Å². The van der Waals surface area contributed by atoms with Crippen molar-refractivity contribution >= 4 is 46.6 Å². The van der Waals surface area contributed by atoms with Crippen molar-refractivity contribution < 1.29 is 9.53 Å². The van der Waals surface area contributed by atoms with Crippen LogP contribution in [-0.4, -0.2) is 31.2 Å². The maximum absolute atomic E-state index is 12.2. The highest BCUT2D eigenvalue weighted by Gasteiger charge is 2.28. The summed E-state index contributed by atoms with van der Waals surface area (Å²) < 4.78 is 6.64. The fraction of sp³-hybridized carbons (Fsp3) is 0.462. The van der Waals surface area contributed by atoms with Crippen LogP contribution in [-0.2, 0) is 9.53 Å². The number of carbonyl (C=O) groups is 1. The number of carbonyl (C=O) groups excluding carboxylic acids is 1. The molecule has 0 unspecified atom stereocenters. The van der Waals surface area contributed by atoms with Gasteiger partial charge in [0, 0.05) is 15.8 Å². The van der Waals surface area contributed by atoms with Crippen LogP contribution in [0, 0.1) is 10.5 Å². The molecule has 1 heterocycles. The van der Waals surface area contributed by atoms with Crippen molar-refractivity contribution in [2.75, 3.05) is 18.5 Å². The van der Waals surface area contributed by atoms with Crippen LogP contribution >= 0.6 is 35.0 Å². The van der Waals surface area contributed by atoms with E-state index in [1.54, 1.807) is 0 Å². The van der Waals surface area contributed by atoms with Gasteiger partial charge in [0.2, 0.25) is 5.91 Å². The maximum Gasteiger partial charge on any atom is 0.244 e. The number of morpholine rings is 1. The molecule has 106 valence electrons. The normalized spacial score (nSPS) is 22.5. The molecule has 1 aliphatic rings. The Hall–Kier alpha value is -0.370. The van der Waals surface area contributed by atoms with E-state index in [1.807, 2.05) is 32.0 Å². The Morgan fingerprint density at radius 2 is 2.26 bits per heavy atom. The predicted octanol–water partition coefficient (Wildman–Crippen LogP) is 2.34. The summed E-state index contributed by atoms with van der Waals surface area (Å²) in [6.07, 6.45) is -0.0945. The Balaban J connectivity index is 0.00000180. The summed E-state index contributed by atoms with van der Waals surface area (Å²) in [5, 5.41) is 6.13. The molecule has 1 fully saturated rings. The molecule has 0 saturated carbocycles. The van der Waals surface area contributed by atoms with Gasteiger partial charge in [-0.15, -0.1) is 12.4 Å². The molecular weight excluding hydrogens is 379 g/mol. The van der Waals surface area contributed by atoms with Gasteiger partial charge in [-0.05, 0) is 60.2 Å². The number of halogens is 2. The lowest BCUT2D eigenvalue weighted by Gasteiger charge is -2.29. The summed E-state index contributed by atoms with van der Waals surface area (Å²) in [6.45, 7) is 5.28. The van der Waals surface area contributed by atoms with Crippen LogP contribution in [0.4, 0.5) is 5.69 Å². The lowest BCUT2D eigenvalue weighted by molar-refractivity contribution is -0.123. The van der Waals surface area contributed by atoms with Crippen molar-refractivity contribution in [2.45, 2.75) is 26.0 Å². The second-order valence-corrected chi connectivity index (χ2v) is 5.70. The summed E-state index contributed by atoms with van der Waals surface area (Å²) >= 11 is 2.26. The van der Waals surface area contributed by atoms with Crippen molar-refractivity contribution in [3.8, 4) is 0 Å². The zero-order chi connectivity index (χ0) is 13.1. The highest BCUT2D eigenvalue weighted by atomic mass is 127. The van der Waals surface area contributed by atoms with E-state index in [4.69, 9.17) is 4.74 Å². The van der Waals surface area contributed by atoms with Gasteiger partial charge in [0.05, 0.1) is 12.7 Å². The molecule has 2 rings (SSSR count). The van der Waals surface area contributed by atoms with Crippen LogP contribution in [0.15, 0.2) is 18.2 Å². The van der Waals surface area contributed by atoms with Crippen LogP contribution in [0.1, 0.15) is 12.5 Å². The second kappa shape index (κ2) is 7.42. The SMILES string of the molecule is Cc1cc(I)ccc1NC(=O)[C@H]1NCCO[C@@H]1C.Cl. The first-order valence-electron chi connectivity index (χ1n) is 6.00. The van der Waals surface area contributed by atoms with Gasteiger partial charge < -0.3 is 15.4 Å². The number of aryl methyl sites for hydroxylation is 1. The predicted molar refractivity (Wildman–Crippen MR) is 87.0 cm³/mol. The van der Waals surface area contributed by atoms with E-state index in [0.717, 1.165) is 14.8 Å². The molecule has 0 aromatic heterocycles. The molecule has 0 aliphatic carbocycles. The highest BCUT2D eigenvalue weighted by Crippen LogP contribution is 2.18.